The number of benzene rings is 1. The predicted octanol–water partition coefficient (Wildman–Crippen LogP) is 2.67. The van der Waals surface area contributed by atoms with Crippen LogP contribution in [0.15, 0.2) is 22.7 Å². The maximum atomic E-state index is 13.3. The Labute approximate surface area is 132 Å². The van der Waals surface area contributed by atoms with Crippen molar-refractivity contribution in [3.05, 3.63) is 34.1 Å². The molecule has 2 rings (SSSR count). The van der Waals surface area contributed by atoms with Gasteiger partial charge in [-0.1, -0.05) is 6.92 Å². The highest BCUT2D eigenvalue weighted by atomic mass is 79.9. The van der Waals surface area contributed by atoms with Crippen LogP contribution in [0.2, 0.25) is 0 Å². The molecule has 1 aliphatic rings. The minimum absolute atomic E-state index is 0.108. The molecule has 0 unspecified atom stereocenters. The molecule has 0 radical (unpaired) electrons. The van der Waals surface area contributed by atoms with E-state index in [4.69, 9.17) is 0 Å². The zero-order valence-corrected chi connectivity index (χ0v) is 13.5. The van der Waals surface area contributed by atoms with E-state index in [9.17, 15) is 14.0 Å². The molecular formula is C15H18BrFN2O2. The molecule has 6 heteroatoms. The van der Waals surface area contributed by atoms with E-state index in [-0.39, 0.29) is 11.8 Å². The van der Waals surface area contributed by atoms with Gasteiger partial charge in [0.05, 0.1) is 5.56 Å². The number of amides is 2. The second-order valence-corrected chi connectivity index (χ2v) is 5.86. The Bertz CT molecular complexity index is 550. The first-order chi connectivity index (χ1) is 10.0. The van der Waals surface area contributed by atoms with Gasteiger partial charge in [0, 0.05) is 37.1 Å². The molecule has 0 aromatic heterocycles. The van der Waals surface area contributed by atoms with Crippen LogP contribution in [0, 0.1) is 5.82 Å². The van der Waals surface area contributed by atoms with Crippen molar-refractivity contribution in [3.63, 3.8) is 0 Å². The topological polar surface area (TPSA) is 40.6 Å². The standard InChI is InChI=1S/C15H18BrFN2O2/c1-2-14(20)18-6-3-7-19(9-8-18)15(21)12-10-11(17)4-5-13(12)16/h4-5,10H,2-3,6-9H2,1H3. The van der Waals surface area contributed by atoms with Gasteiger partial charge < -0.3 is 9.80 Å². The van der Waals surface area contributed by atoms with E-state index in [0.717, 1.165) is 6.42 Å². The van der Waals surface area contributed by atoms with Gasteiger partial charge in [0.25, 0.3) is 5.91 Å². The minimum atomic E-state index is -0.431. The van der Waals surface area contributed by atoms with Gasteiger partial charge in [0.2, 0.25) is 5.91 Å². The molecule has 1 aliphatic heterocycles. The normalized spacial score (nSPS) is 15.8. The van der Waals surface area contributed by atoms with Gasteiger partial charge in [-0.25, -0.2) is 4.39 Å². The second-order valence-electron chi connectivity index (χ2n) is 5.00. The number of hydrogen-bond acceptors (Lipinski definition) is 2. The summed E-state index contributed by atoms with van der Waals surface area (Å²) in [6, 6.07) is 4.09. The highest BCUT2D eigenvalue weighted by molar-refractivity contribution is 9.10. The third-order valence-electron chi connectivity index (χ3n) is 3.60. The average Bonchev–Trinajstić information content (AvgIpc) is 2.74. The van der Waals surface area contributed by atoms with Crippen molar-refractivity contribution >= 4 is 27.7 Å². The zero-order valence-electron chi connectivity index (χ0n) is 11.9. The lowest BCUT2D eigenvalue weighted by atomic mass is 10.2. The Morgan fingerprint density at radius 1 is 1.19 bits per heavy atom. The van der Waals surface area contributed by atoms with Gasteiger partial charge in [-0.2, -0.15) is 0 Å². The summed E-state index contributed by atoms with van der Waals surface area (Å²) < 4.78 is 13.9. The van der Waals surface area contributed by atoms with Gasteiger partial charge in [-0.3, -0.25) is 9.59 Å². The van der Waals surface area contributed by atoms with Crippen molar-refractivity contribution in [2.75, 3.05) is 26.2 Å². The molecule has 1 saturated heterocycles. The van der Waals surface area contributed by atoms with E-state index in [1.165, 1.54) is 18.2 Å². The number of rotatable bonds is 2. The molecule has 114 valence electrons. The van der Waals surface area contributed by atoms with E-state index < -0.39 is 5.82 Å². The van der Waals surface area contributed by atoms with E-state index >= 15 is 0 Å². The van der Waals surface area contributed by atoms with Crippen molar-refractivity contribution in [1.82, 2.24) is 9.80 Å². The summed E-state index contributed by atoms with van der Waals surface area (Å²) in [5.41, 5.74) is 0.324. The van der Waals surface area contributed by atoms with Gasteiger partial charge in [-0.15, -0.1) is 0 Å². The lowest BCUT2D eigenvalue weighted by molar-refractivity contribution is -0.130. The smallest absolute Gasteiger partial charge is 0.255 e. The highest BCUT2D eigenvalue weighted by Crippen LogP contribution is 2.20. The first-order valence-corrected chi connectivity index (χ1v) is 7.84. The van der Waals surface area contributed by atoms with Crippen molar-refractivity contribution in [2.45, 2.75) is 19.8 Å². The number of halogens is 2. The Morgan fingerprint density at radius 2 is 1.86 bits per heavy atom. The van der Waals surface area contributed by atoms with Crippen LogP contribution in [0.5, 0.6) is 0 Å². The molecule has 4 nitrogen and oxygen atoms in total. The van der Waals surface area contributed by atoms with Crippen molar-refractivity contribution in [2.24, 2.45) is 0 Å². The molecule has 0 aliphatic carbocycles. The van der Waals surface area contributed by atoms with Crippen LogP contribution in [-0.2, 0) is 4.79 Å². The SMILES string of the molecule is CCC(=O)N1CCCN(C(=O)c2cc(F)ccc2Br)CC1. The molecule has 21 heavy (non-hydrogen) atoms. The van der Waals surface area contributed by atoms with Crippen LogP contribution in [0.1, 0.15) is 30.1 Å². The lowest BCUT2D eigenvalue weighted by Gasteiger charge is -2.22. The fourth-order valence-electron chi connectivity index (χ4n) is 2.43. The Balaban J connectivity index is 2.10. The molecule has 1 aromatic carbocycles. The predicted molar refractivity (Wildman–Crippen MR) is 81.5 cm³/mol. The fourth-order valence-corrected chi connectivity index (χ4v) is 2.84. The van der Waals surface area contributed by atoms with Gasteiger partial charge >= 0.3 is 0 Å². The van der Waals surface area contributed by atoms with Crippen molar-refractivity contribution < 1.29 is 14.0 Å². The summed E-state index contributed by atoms with van der Waals surface area (Å²) in [4.78, 5) is 27.7. The minimum Gasteiger partial charge on any atom is -0.341 e. The van der Waals surface area contributed by atoms with Crippen LogP contribution >= 0.6 is 15.9 Å². The third-order valence-corrected chi connectivity index (χ3v) is 4.29. The fraction of sp³-hybridized carbons (Fsp3) is 0.467. The number of carbonyl (C=O) groups is 2. The summed E-state index contributed by atoms with van der Waals surface area (Å²) in [5, 5.41) is 0. The molecule has 1 heterocycles. The van der Waals surface area contributed by atoms with Gasteiger partial charge in [0.15, 0.2) is 0 Å². The van der Waals surface area contributed by atoms with Crippen LogP contribution in [0.4, 0.5) is 4.39 Å². The molecule has 2 amide bonds. The maximum absolute atomic E-state index is 13.3. The molecule has 0 saturated carbocycles. The van der Waals surface area contributed by atoms with Crippen molar-refractivity contribution in [3.8, 4) is 0 Å². The van der Waals surface area contributed by atoms with Crippen LogP contribution in [0.3, 0.4) is 0 Å². The molecule has 0 N–H and O–H groups in total. The summed E-state index contributed by atoms with van der Waals surface area (Å²) in [6.07, 6.45) is 1.22. The van der Waals surface area contributed by atoms with E-state index in [1.54, 1.807) is 9.80 Å². The van der Waals surface area contributed by atoms with E-state index in [2.05, 4.69) is 15.9 Å². The zero-order chi connectivity index (χ0) is 15.4. The second kappa shape index (κ2) is 7.02. The monoisotopic (exact) mass is 356 g/mol. The third kappa shape index (κ3) is 3.81. The first-order valence-electron chi connectivity index (χ1n) is 7.05. The maximum Gasteiger partial charge on any atom is 0.255 e. The average molecular weight is 357 g/mol. The Kier molecular flexibility index (Phi) is 5.33. The molecular weight excluding hydrogens is 339 g/mol. The Hall–Kier alpha value is -1.43. The highest BCUT2D eigenvalue weighted by Gasteiger charge is 2.23. The van der Waals surface area contributed by atoms with E-state index in [1.807, 2.05) is 6.92 Å². The number of nitrogens with zero attached hydrogens (tertiary/aromatic N) is 2. The molecule has 0 bridgehead atoms. The summed E-state index contributed by atoms with van der Waals surface area (Å²) in [6.45, 7) is 4.09. The van der Waals surface area contributed by atoms with Crippen LogP contribution in [0.25, 0.3) is 0 Å². The first kappa shape index (κ1) is 15.9. The van der Waals surface area contributed by atoms with E-state index in [0.29, 0.717) is 42.6 Å². The summed E-state index contributed by atoms with van der Waals surface area (Å²) in [5.74, 6) is -0.525. The van der Waals surface area contributed by atoms with Gasteiger partial charge in [0.1, 0.15) is 5.82 Å². The van der Waals surface area contributed by atoms with Gasteiger partial charge in [-0.05, 0) is 40.5 Å². The largest absolute Gasteiger partial charge is 0.341 e. The molecule has 1 fully saturated rings. The molecule has 0 atom stereocenters. The quantitative estimate of drug-likeness (QED) is 0.817. The molecule has 0 spiro atoms. The summed E-state index contributed by atoms with van der Waals surface area (Å²) in [7, 11) is 0. The van der Waals surface area contributed by atoms with Crippen molar-refractivity contribution in [1.29, 1.82) is 0 Å². The van der Waals surface area contributed by atoms with Crippen LogP contribution < -0.4 is 0 Å². The lowest BCUT2D eigenvalue weighted by Crippen LogP contribution is -2.37. The number of hydrogen-bond donors (Lipinski definition) is 0. The van der Waals surface area contributed by atoms with Crippen LogP contribution in [-0.4, -0.2) is 47.8 Å². The molecule has 1 aromatic rings. The summed E-state index contributed by atoms with van der Waals surface area (Å²) >= 11 is 3.28. The number of carbonyl (C=O) groups excluding carboxylic acids is 2. The Morgan fingerprint density at radius 3 is 2.57 bits per heavy atom.